The minimum absolute atomic E-state index is 0.0343. The average Bonchev–Trinajstić information content (AvgIpc) is 3.59. The van der Waals surface area contributed by atoms with Gasteiger partial charge in [-0.1, -0.05) is 23.7 Å². The van der Waals surface area contributed by atoms with Crippen molar-refractivity contribution in [1.29, 1.82) is 0 Å². The Morgan fingerprint density at radius 2 is 1.87 bits per heavy atom. The van der Waals surface area contributed by atoms with E-state index in [1.165, 1.54) is 0 Å². The number of pyridine rings is 1. The monoisotopic (exact) mass is 543 g/mol. The lowest BCUT2D eigenvalue weighted by atomic mass is 9.90. The molecule has 6 nitrogen and oxygen atoms in total. The maximum Gasteiger partial charge on any atom is 0.416 e. The zero-order valence-corrected chi connectivity index (χ0v) is 21.3. The molecular weight excluding hydrogens is 519 g/mol. The summed E-state index contributed by atoms with van der Waals surface area (Å²) in [6, 6.07) is 13.0. The lowest BCUT2D eigenvalue weighted by Crippen LogP contribution is -2.40. The fraction of sp³-hybridized carbons (Fsp3) is 0.321. The van der Waals surface area contributed by atoms with Crippen LogP contribution in [-0.4, -0.2) is 34.8 Å². The van der Waals surface area contributed by atoms with E-state index in [1.807, 2.05) is 13.0 Å². The Morgan fingerprint density at radius 3 is 2.53 bits per heavy atom. The molecule has 1 N–H and O–H groups in total. The molecule has 0 radical (unpaired) electrons. The number of aryl methyl sites for hydroxylation is 1. The number of carbonyl (C=O) groups excluding carboxylic acids is 2. The van der Waals surface area contributed by atoms with Crippen LogP contribution in [-0.2, 0) is 11.0 Å². The molecular formula is C28H25ClF3N3O3. The number of carbonyl (C=O) groups is 2. The number of rotatable bonds is 5. The number of aromatic nitrogens is 1. The number of nitrogens with zero attached hydrogens (tertiary/aromatic N) is 2. The summed E-state index contributed by atoms with van der Waals surface area (Å²) in [6.45, 7) is 2.99. The molecule has 1 unspecified atom stereocenters. The molecule has 198 valence electrons. The molecule has 2 fully saturated rings. The molecule has 2 heterocycles. The van der Waals surface area contributed by atoms with Crippen LogP contribution < -0.4 is 10.1 Å². The minimum atomic E-state index is -4.51. The van der Waals surface area contributed by atoms with Crippen molar-refractivity contribution < 1.29 is 27.5 Å². The molecule has 1 saturated carbocycles. The third-order valence-electron chi connectivity index (χ3n) is 7.28. The van der Waals surface area contributed by atoms with Crippen LogP contribution in [0.4, 0.5) is 19.0 Å². The first-order valence-electron chi connectivity index (χ1n) is 12.2. The summed E-state index contributed by atoms with van der Waals surface area (Å²) >= 11 is 6.00. The number of alkyl halides is 3. The minimum Gasteiger partial charge on any atom is -0.456 e. The number of halogens is 4. The second-order valence-corrected chi connectivity index (χ2v) is 10.3. The van der Waals surface area contributed by atoms with Gasteiger partial charge in [0.1, 0.15) is 17.3 Å². The molecule has 1 spiro atoms. The van der Waals surface area contributed by atoms with Crippen LogP contribution in [0.1, 0.15) is 40.7 Å². The third-order valence-corrected chi connectivity index (χ3v) is 7.58. The van der Waals surface area contributed by atoms with E-state index >= 15 is 0 Å². The zero-order chi connectivity index (χ0) is 27.1. The number of piperidine rings is 1. The van der Waals surface area contributed by atoms with Gasteiger partial charge in [0, 0.05) is 30.8 Å². The standard InChI is InChI=1S/C28H25ClF3N3O3/c1-17-5-8-24(33-16-17)34-25(36)21-15-27(21)9-11-35(12-10-27)26(37)18-3-2-4-20(13-18)38-23-7-6-19(14-22(23)29)28(30,31)32/h2-8,13-14,16,21H,9-12,15H2,1H3,(H,33,34,36). The first kappa shape index (κ1) is 26.0. The fourth-order valence-corrected chi connectivity index (χ4v) is 5.16. The van der Waals surface area contributed by atoms with Crippen LogP contribution in [0.25, 0.3) is 0 Å². The SMILES string of the molecule is Cc1ccc(NC(=O)C2CC23CCN(C(=O)c2cccc(Oc4ccc(C(F)(F)F)cc4Cl)c2)CC3)nc1. The molecule has 3 aromatic rings. The molecule has 1 aromatic heterocycles. The van der Waals surface area contributed by atoms with Gasteiger partial charge >= 0.3 is 6.18 Å². The lowest BCUT2D eigenvalue weighted by molar-refractivity contribution is -0.137. The molecule has 10 heteroatoms. The summed E-state index contributed by atoms with van der Waals surface area (Å²) in [4.78, 5) is 31.9. The summed E-state index contributed by atoms with van der Waals surface area (Å²) in [5.74, 6) is 0.586. The average molecular weight is 544 g/mol. The van der Waals surface area contributed by atoms with Crippen molar-refractivity contribution in [2.24, 2.45) is 11.3 Å². The Bertz CT molecular complexity index is 1370. The van der Waals surface area contributed by atoms with E-state index in [2.05, 4.69) is 10.3 Å². The molecule has 2 amide bonds. The van der Waals surface area contributed by atoms with E-state index in [0.29, 0.717) is 24.5 Å². The van der Waals surface area contributed by atoms with Gasteiger partial charge in [0.15, 0.2) is 0 Å². The Hall–Kier alpha value is -3.59. The number of likely N-dealkylation sites (tertiary alicyclic amines) is 1. The van der Waals surface area contributed by atoms with Gasteiger partial charge < -0.3 is 15.0 Å². The quantitative estimate of drug-likeness (QED) is 0.387. The van der Waals surface area contributed by atoms with E-state index in [-0.39, 0.29) is 39.7 Å². The predicted molar refractivity (Wildman–Crippen MR) is 136 cm³/mol. The van der Waals surface area contributed by atoms with Gasteiger partial charge in [-0.05, 0) is 79.6 Å². The van der Waals surface area contributed by atoms with Crippen molar-refractivity contribution in [3.05, 3.63) is 82.5 Å². The third kappa shape index (κ3) is 5.48. The van der Waals surface area contributed by atoms with Gasteiger partial charge in [-0.3, -0.25) is 9.59 Å². The Kier molecular flexibility index (Phi) is 6.81. The number of amides is 2. The molecule has 1 aliphatic carbocycles. The van der Waals surface area contributed by atoms with Crippen molar-refractivity contribution in [2.75, 3.05) is 18.4 Å². The summed E-state index contributed by atoms with van der Waals surface area (Å²) < 4.78 is 44.4. The normalized spacial score (nSPS) is 18.2. The molecule has 38 heavy (non-hydrogen) atoms. The highest BCUT2D eigenvalue weighted by Crippen LogP contribution is 2.59. The van der Waals surface area contributed by atoms with E-state index in [9.17, 15) is 22.8 Å². The number of nitrogens with one attached hydrogen (secondary N) is 1. The van der Waals surface area contributed by atoms with Crippen LogP contribution in [0.2, 0.25) is 5.02 Å². The van der Waals surface area contributed by atoms with Crippen LogP contribution >= 0.6 is 11.6 Å². The summed E-state index contributed by atoms with van der Waals surface area (Å²) in [5, 5.41) is 2.71. The summed E-state index contributed by atoms with van der Waals surface area (Å²) in [5.41, 5.74) is 0.458. The van der Waals surface area contributed by atoms with Crippen LogP contribution in [0.15, 0.2) is 60.8 Å². The first-order valence-corrected chi connectivity index (χ1v) is 12.6. The van der Waals surface area contributed by atoms with Crippen molar-refractivity contribution >= 4 is 29.2 Å². The van der Waals surface area contributed by atoms with Gasteiger partial charge in [0.05, 0.1) is 10.6 Å². The molecule has 1 aliphatic heterocycles. The lowest BCUT2D eigenvalue weighted by Gasteiger charge is -2.33. The smallest absolute Gasteiger partial charge is 0.416 e. The van der Waals surface area contributed by atoms with Crippen molar-refractivity contribution in [2.45, 2.75) is 32.4 Å². The van der Waals surface area contributed by atoms with E-state index in [0.717, 1.165) is 43.0 Å². The van der Waals surface area contributed by atoms with E-state index in [1.54, 1.807) is 41.4 Å². The number of ether oxygens (including phenoxy) is 1. The predicted octanol–water partition coefficient (Wildman–Crippen LogP) is 6.74. The largest absolute Gasteiger partial charge is 0.456 e. The Morgan fingerprint density at radius 1 is 1.11 bits per heavy atom. The van der Waals surface area contributed by atoms with Crippen LogP contribution in [0.5, 0.6) is 11.5 Å². The maximum atomic E-state index is 13.2. The molecule has 2 aliphatic rings. The molecule has 2 aromatic carbocycles. The van der Waals surface area contributed by atoms with E-state index < -0.39 is 11.7 Å². The second-order valence-electron chi connectivity index (χ2n) is 9.89. The highest BCUT2D eigenvalue weighted by atomic mass is 35.5. The van der Waals surface area contributed by atoms with Gasteiger partial charge in [0.25, 0.3) is 5.91 Å². The highest BCUT2D eigenvalue weighted by molar-refractivity contribution is 6.32. The molecule has 0 bridgehead atoms. The highest BCUT2D eigenvalue weighted by Gasteiger charge is 2.58. The van der Waals surface area contributed by atoms with Crippen molar-refractivity contribution in [3.8, 4) is 11.5 Å². The maximum absolute atomic E-state index is 13.2. The van der Waals surface area contributed by atoms with Crippen molar-refractivity contribution in [1.82, 2.24) is 9.88 Å². The summed E-state index contributed by atoms with van der Waals surface area (Å²) in [6.07, 6.45) is -0.542. The Labute approximate surface area is 222 Å². The topological polar surface area (TPSA) is 71.5 Å². The van der Waals surface area contributed by atoms with Gasteiger partial charge in [-0.2, -0.15) is 13.2 Å². The van der Waals surface area contributed by atoms with Gasteiger partial charge in [-0.15, -0.1) is 0 Å². The van der Waals surface area contributed by atoms with Crippen LogP contribution in [0.3, 0.4) is 0 Å². The van der Waals surface area contributed by atoms with E-state index in [4.69, 9.17) is 16.3 Å². The number of benzene rings is 2. The van der Waals surface area contributed by atoms with Crippen LogP contribution in [0, 0.1) is 18.3 Å². The summed E-state index contributed by atoms with van der Waals surface area (Å²) in [7, 11) is 0. The number of hydrogen-bond acceptors (Lipinski definition) is 4. The molecule has 1 saturated heterocycles. The number of hydrogen-bond donors (Lipinski definition) is 1. The molecule has 5 rings (SSSR count). The van der Waals surface area contributed by atoms with Crippen molar-refractivity contribution in [3.63, 3.8) is 0 Å². The number of anilines is 1. The second kappa shape index (κ2) is 9.94. The Balaban J connectivity index is 1.18. The first-order chi connectivity index (χ1) is 18.0. The van der Waals surface area contributed by atoms with Gasteiger partial charge in [0.2, 0.25) is 5.91 Å². The van der Waals surface area contributed by atoms with Gasteiger partial charge in [-0.25, -0.2) is 4.98 Å². The zero-order valence-electron chi connectivity index (χ0n) is 20.5. The molecule has 1 atom stereocenters. The fourth-order valence-electron chi connectivity index (χ4n) is 4.94.